The molecule has 2 aliphatic carbocycles. The molecule has 0 N–H and O–H groups in total. The molecular weight excluding hydrogens is 176 g/mol. The van der Waals surface area contributed by atoms with Gasteiger partial charge < -0.3 is 0 Å². The van der Waals surface area contributed by atoms with E-state index in [1.807, 2.05) is 12.2 Å². The Kier molecular flexibility index (Phi) is 1.31. The Balaban J connectivity index is 2.51. The van der Waals surface area contributed by atoms with Gasteiger partial charge in [0, 0.05) is 17.0 Å². The van der Waals surface area contributed by atoms with Crippen LogP contribution in [0, 0.1) is 0 Å². The minimum Gasteiger partial charge on any atom is -0.289 e. The molecule has 0 unspecified atom stereocenters. The first-order valence-corrected chi connectivity index (χ1v) is 4.31. The van der Waals surface area contributed by atoms with Crippen molar-refractivity contribution in [3.8, 4) is 0 Å². The zero-order chi connectivity index (χ0) is 9.54. The third kappa shape index (κ3) is 0.836. The minimum atomic E-state index is 0.0345. The molecule has 14 heavy (non-hydrogen) atoms. The number of hydrogen-bond acceptors (Lipinski definition) is 3. The van der Waals surface area contributed by atoms with E-state index < -0.39 is 0 Å². The standard InChI is InChI=1S/C11H6N2O/c14-10-3-1-2-7-4-9-8(11(7)10)5-12-6-13-9/h1-6H. The average Bonchev–Trinajstić information content (AvgIpc) is 2.57. The second-order valence-corrected chi connectivity index (χ2v) is 3.19. The molecule has 0 aromatic carbocycles. The van der Waals surface area contributed by atoms with Crippen molar-refractivity contribution < 1.29 is 4.79 Å². The molecule has 3 heteroatoms. The van der Waals surface area contributed by atoms with Crippen LogP contribution in [0.4, 0.5) is 0 Å². The molecule has 3 nitrogen and oxygen atoms in total. The third-order valence-electron chi connectivity index (χ3n) is 2.36. The normalized spacial score (nSPS) is 17.3. The number of hydrogen-bond donors (Lipinski definition) is 0. The van der Waals surface area contributed by atoms with Crippen molar-refractivity contribution in [3.05, 3.63) is 46.9 Å². The van der Waals surface area contributed by atoms with Gasteiger partial charge >= 0.3 is 0 Å². The second-order valence-electron chi connectivity index (χ2n) is 3.19. The third-order valence-corrected chi connectivity index (χ3v) is 2.36. The molecule has 0 bridgehead atoms. The zero-order valence-electron chi connectivity index (χ0n) is 7.27. The summed E-state index contributed by atoms with van der Waals surface area (Å²) in [7, 11) is 0. The maximum Gasteiger partial charge on any atom is 0.187 e. The highest BCUT2D eigenvalue weighted by atomic mass is 16.1. The molecule has 0 spiro atoms. The lowest BCUT2D eigenvalue weighted by molar-refractivity contribution is -0.109. The van der Waals surface area contributed by atoms with E-state index in [1.165, 1.54) is 6.33 Å². The van der Waals surface area contributed by atoms with Crippen LogP contribution in [0.2, 0.25) is 0 Å². The van der Waals surface area contributed by atoms with Crippen molar-refractivity contribution in [2.24, 2.45) is 0 Å². The average molecular weight is 182 g/mol. The molecule has 1 heterocycles. The van der Waals surface area contributed by atoms with Crippen molar-refractivity contribution >= 4 is 17.4 Å². The van der Waals surface area contributed by atoms with Gasteiger partial charge in [-0.25, -0.2) is 9.97 Å². The van der Waals surface area contributed by atoms with E-state index in [-0.39, 0.29) is 5.78 Å². The van der Waals surface area contributed by atoms with E-state index in [0.717, 1.165) is 21.7 Å². The van der Waals surface area contributed by atoms with E-state index in [9.17, 15) is 4.79 Å². The van der Waals surface area contributed by atoms with Crippen molar-refractivity contribution in [3.63, 3.8) is 0 Å². The van der Waals surface area contributed by atoms with E-state index in [2.05, 4.69) is 9.97 Å². The topological polar surface area (TPSA) is 42.9 Å². The van der Waals surface area contributed by atoms with Gasteiger partial charge in [-0.3, -0.25) is 4.79 Å². The molecule has 0 amide bonds. The number of nitrogens with zero attached hydrogens (tertiary/aromatic N) is 2. The van der Waals surface area contributed by atoms with Crippen LogP contribution in [0.1, 0.15) is 0 Å². The highest BCUT2D eigenvalue weighted by Crippen LogP contribution is 2.19. The molecule has 3 rings (SSSR count). The monoisotopic (exact) mass is 182 g/mol. The lowest BCUT2D eigenvalue weighted by atomic mass is 9.99. The van der Waals surface area contributed by atoms with Gasteiger partial charge in [-0.2, -0.15) is 0 Å². The smallest absolute Gasteiger partial charge is 0.187 e. The van der Waals surface area contributed by atoms with Gasteiger partial charge in [-0.1, -0.05) is 12.2 Å². The zero-order valence-corrected chi connectivity index (χ0v) is 7.27. The first-order valence-electron chi connectivity index (χ1n) is 4.31. The number of allylic oxidation sites excluding steroid dienone is 4. The van der Waals surface area contributed by atoms with E-state index in [0.29, 0.717) is 0 Å². The van der Waals surface area contributed by atoms with Gasteiger partial charge in [0.15, 0.2) is 5.78 Å². The summed E-state index contributed by atoms with van der Waals surface area (Å²) in [5.41, 5.74) is 1.66. The fourth-order valence-corrected chi connectivity index (χ4v) is 1.75. The van der Waals surface area contributed by atoms with Gasteiger partial charge in [0.2, 0.25) is 0 Å². The predicted octanol–water partition coefficient (Wildman–Crippen LogP) is -0.513. The predicted molar refractivity (Wildman–Crippen MR) is 51.4 cm³/mol. The number of fused-ring (bicyclic) bond motifs is 2. The first-order chi connectivity index (χ1) is 6.86. The quantitative estimate of drug-likeness (QED) is 0.542. The Morgan fingerprint density at radius 2 is 2.21 bits per heavy atom. The Morgan fingerprint density at radius 3 is 3.14 bits per heavy atom. The maximum absolute atomic E-state index is 11.6. The molecule has 0 radical (unpaired) electrons. The Hall–Kier alpha value is -2.03. The summed E-state index contributed by atoms with van der Waals surface area (Å²) in [6.07, 6.45) is 10.3. The fraction of sp³-hybridized carbons (Fsp3) is 0. The summed E-state index contributed by atoms with van der Waals surface area (Å²) >= 11 is 0. The van der Waals surface area contributed by atoms with Crippen molar-refractivity contribution in [2.75, 3.05) is 0 Å². The van der Waals surface area contributed by atoms with Crippen LogP contribution in [0.5, 0.6) is 0 Å². The van der Waals surface area contributed by atoms with Crippen LogP contribution >= 0.6 is 0 Å². The van der Waals surface area contributed by atoms with E-state index >= 15 is 0 Å². The van der Waals surface area contributed by atoms with Gasteiger partial charge in [-0.15, -0.1) is 0 Å². The number of rotatable bonds is 0. The Bertz CT molecular complexity index is 608. The molecule has 1 aromatic rings. The molecule has 0 saturated carbocycles. The van der Waals surface area contributed by atoms with Crippen LogP contribution in [0.3, 0.4) is 0 Å². The highest BCUT2D eigenvalue weighted by Gasteiger charge is 2.18. The van der Waals surface area contributed by atoms with E-state index in [4.69, 9.17) is 0 Å². The lowest BCUT2D eigenvalue weighted by Gasteiger charge is -2.03. The van der Waals surface area contributed by atoms with E-state index in [1.54, 1.807) is 18.3 Å². The Labute approximate surface area is 79.8 Å². The molecule has 0 saturated heterocycles. The number of ketones is 1. The summed E-state index contributed by atoms with van der Waals surface area (Å²) in [6, 6.07) is 0. The van der Waals surface area contributed by atoms with Crippen LogP contribution in [0.25, 0.3) is 11.6 Å². The van der Waals surface area contributed by atoms with Crippen LogP contribution < -0.4 is 10.6 Å². The summed E-state index contributed by atoms with van der Waals surface area (Å²) < 4.78 is 0. The first kappa shape index (κ1) is 7.38. The molecule has 0 atom stereocenters. The summed E-state index contributed by atoms with van der Waals surface area (Å²) in [5, 5.41) is 1.67. The van der Waals surface area contributed by atoms with Crippen molar-refractivity contribution in [1.82, 2.24) is 9.97 Å². The molecule has 2 aliphatic rings. The number of carbonyl (C=O) groups is 1. The SMILES string of the molecule is O=C1C=CC=C2C=c3ncncc3=C12. The Morgan fingerprint density at radius 1 is 1.29 bits per heavy atom. The molecule has 0 aliphatic heterocycles. The van der Waals surface area contributed by atoms with Gasteiger partial charge in [0.05, 0.1) is 5.35 Å². The highest BCUT2D eigenvalue weighted by molar-refractivity contribution is 6.29. The van der Waals surface area contributed by atoms with Crippen molar-refractivity contribution in [1.29, 1.82) is 0 Å². The molecular formula is C11H6N2O. The largest absolute Gasteiger partial charge is 0.289 e. The van der Waals surface area contributed by atoms with Crippen LogP contribution in [0.15, 0.2) is 36.3 Å². The summed E-state index contributed by atoms with van der Waals surface area (Å²) in [4.78, 5) is 19.6. The molecule has 66 valence electrons. The molecule has 1 aromatic heterocycles. The molecule has 0 fully saturated rings. The van der Waals surface area contributed by atoms with Crippen LogP contribution in [-0.4, -0.2) is 15.8 Å². The fourth-order valence-electron chi connectivity index (χ4n) is 1.75. The summed E-state index contributed by atoms with van der Waals surface area (Å²) in [5.74, 6) is 0.0345. The van der Waals surface area contributed by atoms with Gasteiger partial charge in [0.25, 0.3) is 0 Å². The van der Waals surface area contributed by atoms with Gasteiger partial charge in [0.1, 0.15) is 6.33 Å². The maximum atomic E-state index is 11.6. The number of aromatic nitrogens is 2. The number of carbonyl (C=O) groups excluding carboxylic acids is 1. The van der Waals surface area contributed by atoms with Crippen molar-refractivity contribution in [2.45, 2.75) is 0 Å². The minimum absolute atomic E-state index is 0.0345. The van der Waals surface area contributed by atoms with Crippen LogP contribution in [-0.2, 0) is 4.79 Å². The van der Waals surface area contributed by atoms with Gasteiger partial charge in [-0.05, 0) is 17.7 Å². The lowest BCUT2D eigenvalue weighted by Crippen LogP contribution is -2.28. The summed E-state index contributed by atoms with van der Waals surface area (Å²) in [6.45, 7) is 0. The second kappa shape index (κ2) is 2.48.